The molecule has 8 heteroatoms. The van der Waals surface area contributed by atoms with E-state index in [4.69, 9.17) is 4.98 Å². The lowest BCUT2D eigenvalue weighted by atomic mass is 10.0. The molecule has 0 aliphatic carbocycles. The van der Waals surface area contributed by atoms with Gasteiger partial charge in [0.2, 0.25) is 5.91 Å². The van der Waals surface area contributed by atoms with Gasteiger partial charge in [0.1, 0.15) is 23.3 Å². The van der Waals surface area contributed by atoms with Crippen molar-refractivity contribution in [2.75, 3.05) is 30.9 Å². The second-order valence-corrected chi connectivity index (χ2v) is 8.02. The van der Waals surface area contributed by atoms with Gasteiger partial charge in [-0.05, 0) is 49.0 Å². The van der Waals surface area contributed by atoms with Crippen LogP contribution in [0.2, 0.25) is 0 Å². The molecular weight excluding hydrogens is 412 g/mol. The lowest BCUT2D eigenvalue weighted by Gasteiger charge is -2.19. The van der Waals surface area contributed by atoms with E-state index >= 15 is 0 Å². The third kappa shape index (κ3) is 5.08. The standard InChI is InChI=1S/C24H25F2N5O/c1-27-22-12-21(17-11-24(32)31(14-17)20-9-7-19(26)8-10-20)28-23(29-22)15-30(2)13-16-3-5-18(25)6-4-16/h3-10,12,17H,11,13-15H2,1-2H3,(H,27,28,29)/t17-/m0/s1. The summed E-state index contributed by atoms with van der Waals surface area (Å²) in [5, 5.41) is 3.07. The van der Waals surface area contributed by atoms with E-state index in [1.807, 2.05) is 13.1 Å². The van der Waals surface area contributed by atoms with Crippen LogP contribution in [0.5, 0.6) is 0 Å². The molecule has 1 aliphatic heterocycles. The molecule has 0 radical (unpaired) electrons. The van der Waals surface area contributed by atoms with E-state index < -0.39 is 0 Å². The number of anilines is 2. The number of halogens is 2. The lowest BCUT2D eigenvalue weighted by molar-refractivity contribution is -0.117. The number of hydrogen-bond donors (Lipinski definition) is 1. The fourth-order valence-corrected chi connectivity index (χ4v) is 3.90. The third-order valence-electron chi connectivity index (χ3n) is 5.51. The van der Waals surface area contributed by atoms with Gasteiger partial charge in [-0.25, -0.2) is 18.7 Å². The largest absolute Gasteiger partial charge is 0.373 e. The molecule has 1 fully saturated rings. The van der Waals surface area contributed by atoms with E-state index in [1.165, 1.54) is 24.3 Å². The van der Waals surface area contributed by atoms with Crippen molar-refractivity contribution in [3.8, 4) is 0 Å². The minimum absolute atomic E-state index is 0.0128. The number of amides is 1. The van der Waals surface area contributed by atoms with Crippen molar-refractivity contribution in [2.45, 2.75) is 25.4 Å². The zero-order chi connectivity index (χ0) is 22.7. The topological polar surface area (TPSA) is 61.4 Å². The summed E-state index contributed by atoms with van der Waals surface area (Å²) in [6, 6.07) is 14.2. The Kier molecular flexibility index (Phi) is 6.41. The number of rotatable bonds is 7. The van der Waals surface area contributed by atoms with Crippen molar-refractivity contribution in [3.05, 3.63) is 83.3 Å². The highest BCUT2D eigenvalue weighted by atomic mass is 19.1. The third-order valence-corrected chi connectivity index (χ3v) is 5.51. The minimum atomic E-state index is -0.333. The fraction of sp³-hybridized carbons (Fsp3) is 0.292. The highest BCUT2D eigenvalue weighted by molar-refractivity contribution is 5.96. The molecule has 166 valence electrons. The Morgan fingerprint density at radius 1 is 1.03 bits per heavy atom. The maximum Gasteiger partial charge on any atom is 0.227 e. The zero-order valence-corrected chi connectivity index (χ0v) is 18.1. The summed E-state index contributed by atoms with van der Waals surface area (Å²) >= 11 is 0. The van der Waals surface area contributed by atoms with Crippen LogP contribution in [0.4, 0.5) is 20.3 Å². The van der Waals surface area contributed by atoms with Gasteiger partial charge in [0.25, 0.3) is 0 Å². The van der Waals surface area contributed by atoms with Crippen molar-refractivity contribution < 1.29 is 13.6 Å². The molecule has 6 nitrogen and oxygen atoms in total. The van der Waals surface area contributed by atoms with E-state index in [1.54, 1.807) is 36.2 Å². The predicted octanol–water partition coefficient (Wildman–Crippen LogP) is 3.95. The molecule has 0 bridgehead atoms. The molecule has 2 aromatic carbocycles. The lowest BCUT2D eigenvalue weighted by Crippen LogP contribution is -2.24. The Morgan fingerprint density at radius 2 is 1.69 bits per heavy atom. The summed E-state index contributed by atoms with van der Waals surface area (Å²) in [5.41, 5.74) is 2.48. The maximum atomic E-state index is 13.3. The molecular formula is C24H25F2N5O. The normalized spacial score (nSPS) is 16.1. The van der Waals surface area contributed by atoms with E-state index in [0.717, 1.165) is 11.3 Å². The summed E-state index contributed by atoms with van der Waals surface area (Å²) < 4.78 is 26.4. The summed E-state index contributed by atoms with van der Waals surface area (Å²) in [7, 11) is 3.75. The number of carbonyl (C=O) groups is 1. The average Bonchev–Trinajstić information content (AvgIpc) is 3.17. The first-order valence-corrected chi connectivity index (χ1v) is 10.5. The van der Waals surface area contributed by atoms with Crippen LogP contribution in [0, 0.1) is 11.6 Å². The second kappa shape index (κ2) is 9.40. The van der Waals surface area contributed by atoms with E-state index in [-0.39, 0.29) is 23.5 Å². The van der Waals surface area contributed by atoms with Crippen molar-refractivity contribution in [1.82, 2.24) is 14.9 Å². The first kappa shape index (κ1) is 21.8. The van der Waals surface area contributed by atoms with Gasteiger partial charge in [0, 0.05) is 44.2 Å². The molecule has 4 rings (SSSR count). The molecule has 3 aromatic rings. The number of aromatic nitrogens is 2. The van der Waals surface area contributed by atoms with E-state index in [9.17, 15) is 13.6 Å². The molecule has 0 saturated carbocycles. The zero-order valence-electron chi connectivity index (χ0n) is 18.1. The smallest absolute Gasteiger partial charge is 0.227 e. The minimum Gasteiger partial charge on any atom is -0.373 e. The van der Waals surface area contributed by atoms with Crippen LogP contribution >= 0.6 is 0 Å². The molecule has 1 saturated heterocycles. The summed E-state index contributed by atoms with van der Waals surface area (Å²) in [5.74, 6) is 0.648. The first-order chi connectivity index (χ1) is 15.4. The number of hydrogen-bond acceptors (Lipinski definition) is 5. The number of nitrogens with zero attached hydrogens (tertiary/aromatic N) is 4. The van der Waals surface area contributed by atoms with Crippen molar-refractivity contribution >= 4 is 17.4 Å². The van der Waals surface area contributed by atoms with Gasteiger partial charge in [0.05, 0.1) is 12.2 Å². The number of benzene rings is 2. The van der Waals surface area contributed by atoms with Gasteiger partial charge >= 0.3 is 0 Å². The maximum absolute atomic E-state index is 13.3. The average molecular weight is 437 g/mol. The van der Waals surface area contributed by atoms with Crippen LogP contribution < -0.4 is 10.2 Å². The summed E-state index contributed by atoms with van der Waals surface area (Å²) in [6.07, 6.45) is 0.336. The van der Waals surface area contributed by atoms with E-state index in [0.29, 0.717) is 43.4 Å². The molecule has 32 heavy (non-hydrogen) atoms. The molecule has 1 aromatic heterocycles. The highest BCUT2D eigenvalue weighted by Crippen LogP contribution is 2.32. The highest BCUT2D eigenvalue weighted by Gasteiger charge is 2.33. The summed E-state index contributed by atoms with van der Waals surface area (Å²) in [4.78, 5) is 25.7. The Balaban J connectivity index is 1.49. The van der Waals surface area contributed by atoms with Gasteiger partial charge in [-0.1, -0.05) is 12.1 Å². The molecule has 2 heterocycles. The van der Waals surface area contributed by atoms with Gasteiger partial charge in [-0.15, -0.1) is 0 Å². The van der Waals surface area contributed by atoms with Crippen LogP contribution in [0.3, 0.4) is 0 Å². The van der Waals surface area contributed by atoms with Crippen LogP contribution in [0.25, 0.3) is 0 Å². The predicted molar refractivity (Wildman–Crippen MR) is 119 cm³/mol. The van der Waals surface area contributed by atoms with Crippen molar-refractivity contribution in [3.63, 3.8) is 0 Å². The fourth-order valence-electron chi connectivity index (χ4n) is 3.90. The van der Waals surface area contributed by atoms with Gasteiger partial charge < -0.3 is 10.2 Å². The monoisotopic (exact) mass is 437 g/mol. The van der Waals surface area contributed by atoms with Crippen LogP contribution in [0.1, 0.15) is 29.4 Å². The Bertz CT molecular complexity index is 1090. The molecule has 0 unspecified atom stereocenters. The van der Waals surface area contributed by atoms with Crippen LogP contribution in [-0.4, -0.2) is 41.4 Å². The second-order valence-electron chi connectivity index (χ2n) is 8.02. The Hall–Kier alpha value is -3.39. The quantitative estimate of drug-likeness (QED) is 0.607. The molecule has 1 N–H and O–H groups in total. The number of carbonyl (C=O) groups excluding carboxylic acids is 1. The molecule has 0 spiro atoms. The Labute approximate surface area is 185 Å². The van der Waals surface area contributed by atoms with Gasteiger partial charge in [-0.2, -0.15) is 0 Å². The van der Waals surface area contributed by atoms with Gasteiger partial charge in [-0.3, -0.25) is 9.69 Å². The summed E-state index contributed by atoms with van der Waals surface area (Å²) in [6.45, 7) is 1.61. The first-order valence-electron chi connectivity index (χ1n) is 10.5. The van der Waals surface area contributed by atoms with Crippen LogP contribution in [-0.2, 0) is 17.9 Å². The van der Waals surface area contributed by atoms with Gasteiger partial charge in [0.15, 0.2) is 0 Å². The van der Waals surface area contributed by atoms with Crippen molar-refractivity contribution in [1.29, 1.82) is 0 Å². The van der Waals surface area contributed by atoms with Crippen LogP contribution in [0.15, 0.2) is 54.6 Å². The SMILES string of the molecule is CNc1cc([C@H]2CC(=O)N(c3ccc(F)cc3)C2)nc(CN(C)Cc2ccc(F)cc2)n1. The molecule has 1 aliphatic rings. The van der Waals surface area contributed by atoms with Crippen molar-refractivity contribution in [2.24, 2.45) is 0 Å². The Morgan fingerprint density at radius 3 is 2.34 bits per heavy atom. The molecule has 1 amide bonds. The number of nitrogens with one attached hydrogen (secondary N) is 1. The molecule has 1 atom stereocenters. The van der Waals surface area contributed by atoms with E-state index in [2.05, 4.69) is 15.2 Å².